The molecule has 4 heteroatoms. The summed E-state index contributed by atoms with van der Waals surface area (Å²) in [4.78, 5) is 0. The topological polar surface area (TPSA) is 21.3 Å². The minimum Gasteiger partial charge on any atom is -0.454 e. The van der Waals surface area contributed by atoms with E-state index in [1.807, 2.05) is 13.0 Å². The molecular formula is C17H19ClFNO. The maximum absolute atomic E-state index is 14.1. The predicted molar refractivity (Wildman–Crippen MR) is 84.6 cm³/mol. The summed E-state index contributed by atoms with van der Waals surface area (Å²) >= 11 is 5.88. The molecule has 112 valence electrons. The number of benzene rings is 2. The highest BCUT2D eigenvalue weighted by molar-refractivity contribution is 6.30. The van der Waals surface area contributed by atoms with E-state index in [4.69, 9.17) is 16.3 Å². The van der Waals surface area contributed by atoms with E-state index in [1.54, 1.807) is 30.3 Å². The van der Waals surface area contributed by atoms with Crippen LogP contribution in [0.5, 0.6) is 11.5 Å². The van der Waals surface area contributed by atoms with Crippen molar-refractivity contribution in [2.24, 2.45) is 0 Å². The lowest BCUT2D eigenvalue weighted by Crippen LogP contribution is -2.19. The quantitative estimate of drug-likeness (QED) is 0.778. The van der Waals surface area contributed by atoms with Crippen LogP contribution in [-0.4, -0.2) is 6.54 Å². The molecule has 0 radical (unpaired) electrons. The molecule has 0 saturated heterocycles. The van der Waals surface area contributed by atoms with Gasteiger partial charge in [0.25, 0.3) is 0 Å². The summed E-state index contributed by atoms with van der Waals surface area (Å²) in [6, 6.07) is 12.0. The summed E-state index contributed by atoms with van der Waals surface area (Å²) in [6.45, 7) is 5.02. The van der Waals surface area contributed by atoms with Crippen LogP contribution in [0.3, 0.4) is 0 Å². The van der Waals surface area contributed by atoms with E-state index in [1.165, 1.54) is 6.07 Å². The van der Waals surface area contributed by atoms with Gasteiger partial charge in [0.15, 0.2) is 11.6 Å². The third-order valence-corrected chi connectivity index (χ3v) is 3.42. The van der Waals surface area contributed by atoms with Crippen molar-refractivity contribution in [2.75, 3.05) is 6.54 Å². The fourth-order valence-corrected chi connectivity index (χ4v) is 2.19. The van der Waals surface area contributed by atoms with Crippen LogP contribution in [0.2, 0.25) is 5.02 Å². The zero-order valence-corrected chi connectivity index (χ0v) is 13.0. The summed E-state index contributed by atoms with van der Waals surface area (Å²) in [6.07, 6.45) is 1.04. The molecule has 0 amide bonds. The summed E-state index contributed by atoms with van der Waals surface area (Å²) in [5.41, 5.74) is 0.902. The first-order chi connectivity index (χ1) is 10.1. The molecule has 1 N–H and O–H groups in total. The molecule has 0 aliphatic heterocycles. The molecule has 0 saturated carbocycles. The molecule has 1 unspecified atom stereocenters. The van der Waals surface area contributed by atoms with Gasteiger partial charge in [0, 0.05) is 11.1 Å². The van der Waals surface area contributed by atoms with Gasteiger partial charge in [-0.2, -0.15) is 0 Å². The second-order valence-corrected chi connectivity index (χ2v) is 5.36. The van der Waals surface area contributed by atoms with Gasteiger partial charge in [-0.05, 0) is 55.8 Å². The van der Waals surface area contributed by atoms with Crippen LogP contribution in [0.25, 0.3) is 0 Å². The van der Waals surface area contributed by atoms with Gasteiger partial charge in [0.05, 0.1) is 0 Å². The van der Waals surface area contributed by atoms with E-state index >= 15 is 0 Å². The SMILES string of the molecule is CCCNC(C)c1ccc(Oc2cccc(Cl)c2)c(F)c1. The van der Waals surface area contributed by atoms with Gasteiger partial charge < -0.3 is 10.1 Å². The van der Waals surface area contributed by atoms with Crippen LogP contribution >= 0.6 is 11.6 Å². The lowest BCUT2D eigenvalue weighted by Gasteiger charge is -2.15. The van der Waals surface area contributed by atoms with Crippen molar-refractivity contribution in [2.45, 2.75) is 26.3 Å². The molecule has 2 rings (SSSR count). The Balaban J connectivity index is 2.12. The Morgan fingerprint density at radius 3 is 2.71 bits per heavy atom. The van der Waals surface area contributed by atoms with E-state index in [0.717, 1.165) is 18.5 Å². The minimum absolute atomic E-state index is 0.111. The third kappa shape index (κ3) is 4.45. The Kier molecular flexibility index (Phi) is 5.59. The van der Waals surface area contributed by atoms with E-state index < -0.39 is 0 Å². The Labute approximate surface area is 129 Å². The van der Waals surface area contributed by atoms with Gasteiger partial charge in [-0.25, -0.2) is 4.39 Å². The second-order valence-electron chi connectivity index (χ2n) is 4.93. The van der Waals surface area contributed by atoms with E-state index in [9.17, 15) is 4.39 Å². The fourth-order valence-electron chi connectivity index (χ4n) is 2.01. The highest BCUT2D eigenvalue weighted by atomic mass is 35.5. The maximum atomic E-state index is 14.1. The Bertz CT molecular complexity index is 603. The molecule has 0 aliphatic carbocycles. The van der Waals surface area contributed by atoms with Crippen LogP contribution in [-0.2, 0) is 0 Å². The predicted octanol–water partition coefficient (Wildman–Crippen LogP) is 5.33. The molecular weight excluding hydrogens is 289 g/mol. The maximum Gasteiger partial charge on any atom is 0.166 e. The first-order valence-corrected chi connectivity index (χ1v) is 7.44. The van der Waals surface area contributed by atoms with Gasteiger partial charge in [0.2, 0.25) is 0 Å². The molecule has 21 heavy (non-hydrogen) atoms. The average Bonchev–Trinajstić information content (AvgIpc) is 2.47. The van der Waals surface area contributed by atoms with Crippen molar-refractivity contribution in [1.82, 2.24) is 5.32 Å². The van der Waals surface area contributed by atoms with Gasteiger partial charge in [-0.15, -0.1) is 0 Å². The highest BCUT2D eigenvalue weighted by Gasteiger charge is 2.10. The largest absolute Gasteiger partial charge is 0.454 e. The normalized spacial score (nSPS) is 12.2. The van der Waals surface area contributed by atoms with Crippen molar-refractivity contribution in [1.29, 1.82) is 0 Å². The monoisotopic (exact) mass is 307 g/mol. The number of hydrogen-bond acceptors (Lipinski definition) is 2. The third-order valence-electron chi connectivity index (χ3n) is 3.18. The molecule has 0 aliphatic rings. The first-order valence-electron chi connectivity index (χ1n) is 7.06. The average molecular weight is 308 g/mol. The van der Waals surface area contributed by atoms with Crippen molar-refractivity contribution in [3.05, 3.63) is 58.9 Å². The van der Waals surface area contributed by atoms with Gasteiger partial charge in [-0.3, -0.25) is 0 Å². The van der Waals surface area contributed by atoms with Crippen LogP contribution < -0.4 is 10.1 Å². The van der Waals surface area contributed by atoms with Gasteiger partial charge >= 0.3 is 0 Å². The molecule has 2 nitrogen and oxygen atoms in total. The number of nitrogens with one attached hydrogen (secondary N) is 1. The van der Waals surface area contributed by atoms with Gasteiger partial charge in [0.1, 0.15) is 5.75 Å². The molecule has 0 fully saturated rings. The van der Waals surface area contributed by atoms with Crippen molar-refractivity contribution in [3.8, 4) is 11.5 Å². The second kappa shape index (κ2) is 7.43. The fraction of sp³-hybridized carbons (Fsp3) is 0.294. The highest BCUT2D eigenvalue weighted by Crippen LogP contribution is 2.28. The standard InChI is InChI=1S/C17H19ClFNO/c1-3-9-20-12(2)13-7-8-17(16(19)10-13)21-15-6-4-5-14(18)11-15/h4-8,10-12,20H,3,9H2,1-2H3. The van der Waals surface area contributed by atoms with E-state index in [-0.39, 0.29) is 17.6 Å². The lowest BCUT2D eigenvalue weighted by molar-refractivity contribution is 0.440. The number of halogens is 2. The van der Waals surface area contributed by atoms with Crippen LogP contribution in [0, 0.1) is 5.82 Å². The summed E-state index contributed by atoms with van der Waals surface area (Å²) in [7, 11) is 0. The molecule has 2 aromatic rings. The number of rotatable bonds is 6. The molecule has 0 spiro atoms. The zero-order chi connectivity index (χ0) is 15.2. The van der Waals surface area contributed by atoms with Gasteiger partial charge in [-0.1, -0.05) is 30.7 Å². The van der Waals surface area contributed by atoms with Crippen molar-refractivity contribution < 1.29 is 9.13 Å². The molecule has 2 aromatic carbocycles. The minimum atomic E-state index is -0.377. The number of hydrogen-bond donors (Lipinski definition) is 1. The summed E-state index contributed by atoms with van der Waals surface area (Å²) < 4.78 is 19.7. The summed E-state index contributed by atoms with van der Waals surface area (Å²) in [5.74, 6) is 0.340. The molecule has 0 bridgehead atoms. The van der Waals surface area contributed by atoms with Crippen molar-refractivity contribution >= 4 is 11.6 Å². The van der Waals surface area contributed by atoms with E-state index in [0.29, 0.717) is 10.8 Å². The Morgan fingerprint density at radius 1 is 1.24 bits per heavy atom. The smallest absolute Gasteiger partial charge is 0.166 e. The number of ether oxygens (including phenoxy) is 1. The zero-order valence-electron chi connectivity index (χ0n) is 12.2. The molecule has 1 atom stereocenters. The van der Waals surface area contributed by atoms with Crippen LogP contribution in [0.4, 0.5) is 4.39 Å². The lowest BCUT2D eigenvalue weighted by atomic mass is 10.1. The van der Waals surface area contributed by atoms with Crippen molar-refractivity contribution in [3.63, 3.8) is 0 Å². The molecule has 0 aromatic heterocycles. The Morgan fingerprint density at radius 2 is 2.05 bits per heavy atom. The van der Waals surface area contributed by atoms with Crippen LogP contribution in [0.15, 0.2) is 42.5 Å². The van der Waals surface area contributed by atoms with Crippen LogP contribution in [0.1, 0.15) is 31.9 Å². The molecule has 0 heterocycles. The summed E-state index contributed by atoms with van der Waals surface area (Å²) in [5, 5.41) is 3.88. The van der Waals surface area contributed by atoms with E-state index in [2.05, 4.69) is 12.2 Å². The Hall–Kier alpha value is -1.58. The first kappa shape index (κ1) is 15.8.